The lowest BCUT2D eigenvalue weighted by Gasteiger charge is -2.35. The van der Waals surface area contributed by atoms with Crippen molar-refractivity contribution in [2.45, 2.75) is 31.8 Å². The highest BCUT2D eigenvalue weighted by Crippen LogP contribution is 2.40. The molecule has 1 aliphatic heterocycles. The summed E-state index contributed by atoms with van der Waals surface area (Å²) in [7, 11) is 0. The van der Waals surface area contributed by atoms with Crippen LogP contribution in [-0.4, -0.2) is 27.7 Å². The summed E-state index contributed by atoms with van der Waals surface area (Å²) >= 11 is 0. The van der Waals surface area contributed by atoms with Crippen LogP contribution < -0.4 is 5.32 Å². The van der Waals surface area contributed by atoms with Crippen molar-refractivity contribution in [3.8, 4) is 0 Å². The second kappa shape index (κ2) is 5.46. The van der Waals surface area contributed by atoms with Gasteiger partial charge in [-0.25, -0.2) is 4.79 Å². The van der Waals surface area contributed by atoms with Crippen LogP contribution in [-0.2, 0) is 9.59 Å². The Morgan fingerprint density at radius 1 is 1.40 bits per heavy atom. The minimum atomic E-state index is -1.79. The van der Waals surface area contributed by atoms with Crippen LogP contribution >= 0.6 is 0 Å². The van der Waals surface area contributed by atoms with E-state index in [0.717, 1.165) is 12.5 Å². The third-order valence-electron chi connectivity index (χ3n) is 3.45. The molecule has 5 nitrogen and oxygen atoms in total. The molecule has 2 rings (SSSR count). The van der Waals surface area contributed by atoms with Crippen molar-refractivity contribution >= 4 is 23.1 Å². The van der Waals surface area contributed by atoms with Crippen LogP contribution in [0.5, 0.6) is 0 Å². The van der Waals surface area contributed by atoms with E-state index in [1.165, 1.54) is 0 Å². The van der Waals surface area contributed by atoms with Crippen molar-refractivity contribution in [1.29, 1.82) is 0 Å². The number of carboxylic acids is 1. The number of aliphatic hydroxyl groups is 1. The summed E-state index contributed by atoms with van der Waals surface area (Å²) in [5.74, 6) is -1.75. The normalized spacial score (nSPS) is 23.3. The van der Waals surface area contributed by atoms with Gasteiger partial charge in [0, 0.05) is 22.9 Å². The average molecular weight is 275 g/mol. The molecule has 1 aromatic rings. The van der Waals surface area contributed by atoms with Gasteiger partial charge in [-0.15, -0.1) is 0 Å². The van der Waals surface area contributed by atoms with Crippen LogP contribution in [0.2, 0.25) is 0 Å². The van der Waals surface area contributed by atoms with Crippen LogP contribution in [0.1, 0.15) is 31.7 Å². The van der Waals surface area contributed by atoms with Gasteiger partial charge < -0.3 is 15.5 Å². The third kappa shape index (κ3) is 2.44. The Morgan fingerprint density at radius 3 is 2.75 bits per heavy atom. The molecule has 1 heterocycles. The molecule has 0 saturated heterocycles. The second-order valence-corrected chi connectivity index (χ2v) is 4.86. The number of rotatable bonds is 4. The van der Waals surface area contributed by atoms with Gasteiger partial charge in [0.25, 0.3) is 5.91 Å². The predicted molar refractivity (Wildman–Crippen MR) is 75.2 cm³/mol. The fourth-order valence-corrected chi connectivity index (χ4v) is 2.40. The van der Waals surface area contributed by atoms with Gasteiger partial charge >= 0.3 is 5.97 Å². The highest BCUT2D eigenvalue weighted by atomic mass is 16.4. The molecular weight excluding hydrogens is 258 g/mol. The maximum absolute atomic E-state index is 12.2. The number of hydrogen-bond donors (Lipinski definition) is 3. The Bertz CT molecular complexity index is 579. The zero-order valence-electron chi connectivity index (χ0n) is 11.2. The maximum atomic E-state index is 12.2. The minimum Gasteiger partial charge on any atom is -0.478 e. The van der Waals surface area contributed by atoms with Gasteiger partial charge in [-0.2, -0.15) is 0 Å². The Morgan fingerprint density at radius 2 is 2.10 bits per heavy atom. The number of para-hydroxylation sites is 1. The lowest BCUT2D eigenvalue weighted by molar-refractivity contribution is -0.131. The van der Waals surface area contributed by atoms with Crippen molar-refractivity contribution in [3.05, 3.63) is 35.9 Å². The first-order valence-corrected chi connectivity index (χ1v) is 6.57. The lowest BCUT2D eigenvalue weighted by atomic mass is 9.79. The molecule has 0 saturated carbocycles. The van der Waals surface area contributed by atoms with E-state index >= 15 is 0 Å². The summed E-state index contributed by atoms with van der Waals surface area (Å²) in [5, 5.41) is 22.3. The molecule has 3 N–H and O–H groups in total. The van der Waals surface area contributed by atoms with Crippen LogP contribution in [0.25, 0.3) is 5.57 Å². The van der Waals surface area contributed by atoms with E-state index in [1.54, 1.807) is 24.3 Å². The molecule has 20 heavy (non-hydrogen) atoms. The lowest BCUT2D eigenvalue weighted by Crippen LogP contribution is -2.47. The molecule has 0 aliphatic carbocycles. The quantitative estimate of drug-likeness (QED) is 0.734. The van der Waals surface area contributed by atoms with Crippen molar-refractivity contribution in [2.24, 2.45) is 0 Å². The number of benzene rings is 1. The van der Waals surface area contributed by atoms with Crippen molar-refractivity contribution in [3.63, 3.8) is 0 Å². The molecule has 5 heteroatoms. The SMILES string of the molecule is CCCCC1(O)C(=O)Nc2ccccc2/C1=C\C(=O)O. The smallest absolute Gasteiger partial charge is 0.328 e. The molecule has 0 radical (unpaired) electrons. The molecule has 106 valence electrons. The number of fused-ring (bicyclic) bond motifs is 1. The molecule has 1 atom stereocenters. The van der Waals surface area contributed by atoms with Gasteiger partial charge in [0.1, 0.15) is 0 Å². The number of amides is 1. The summed E-state index contributed by atoms with van der Waals surface area (Å²) in [4.78, 5) is 23.2. The number of hydrogen-bond acceptors (Lipinski definition) is 3. The molecular formula is C15H17NO4. The van der Waals surface area contributed by atoms with Gasteiger partial charge in [0.2, 0.25) is 0 Å². The maximum Gasteiger partial charge on any atom is 0.328 e. The summed E-state index contributed by atoms with van der Waals surface area (Å²) in [6.07, 6.45) is 2.55. The van der Waals surface area contributed by atoms with Gasteiger partial charge in [0.15, 0.2) is 5.60 Å². The summed E-state index contributed by atoms with van der Waals surface area (Å²) in [5.41, 5.74) is -0.569. The monoisotopic (exact) mass is 275 g/mol. The predicted octanol–water partition coefficient (Wildman–Crippen LogP) is 2.03. The molecule has 1 amide bonds. The van der Waals surface area contributed by atoms with Crippen molar-refractivity contribution < 1.29 is 19.8 Å². The molecule has 1 aromatic carbocycles. The first-order valence-electron chi connectivity index (χ1n) is 6.57. The zero-order valence-corrected chi connectivity index (χ0v) is 11.2. The average Bonchev–Trinajstić information content (AvgIpc) is 2.41. The molecule has 0 spiro atoms. The van der Waals surface area contributed by atoms with Crippen LogP contribution in [0, 0.1) is 0 Å². The van der Waals surface area contributed by atoms with E-state index in [2.05, 4.69) is 5.32 Å². The summed E-state index contributed by atoms with van der Waals surface area (Å²) in [6, 6.07) is 6.86. The Labute approximate surface area is 116 Å². The number of carbonyl (C=O) groups excluding carboxylic acids is 1. The molecule has 1 unspecified atom stereocenters. The Hall–Kier alpha value is -2.14. The third-order valence-corrected chi connectivity index (χ3v) is 3.45. The fraction of sp³-hybridized carbons (Fsp3) is 0.333. The van der Waals surface area contributed by atoms with Crippen LogP contribution in [0.3, 0.4) is 0 Å². The minimum absolute atomic E-state index is 0.151. The number of unbranched alkanes of at least 4 members (excludes halogenated alkanes) is 1. The van der Waals surface area contributed by atoms with Crippen LogP contribution in [0.15, 0.2) is 30.3 Å². The second-order valence-electron chi connectivity index (χ2n) is 4.86. The number of anilines is 1. The highest BCUT2D eigenvalue weighted by Gasteiger charge is 2.44. The largest absolute Gasteiger partial charge is 0.478 e. The van der Waals surface area contributed by atoms with E-state index in [0.29, 0.717) is 17.7 Å². The summed E-state index contributed by atoms with van der Waals surface area (Å²) in [6.45, 7) is 1.94. The van der Waals surface area contributed by atoms with Gasteiger partial charge in [0.05, 0.1) is 0 Å². The van der Waals surface area contributed by atoms with Gasteiger partial charge in [-0.1, -0.05) is 31.5 Å². The molecule has 0 fully saturated rings. The van der Waals surface area contributed by atoms with Gasteiger partial charge in [-0.3, -0.25) is 4.79 Å². The number of aliphatic carboxylic acids is 1. The Balaban J connectivity index is 2.57. The van der Waals surface area contributed by atoms with E-state index in [4.69, 9.17) is 5.11 Å². The zero-order chi connectivity index (χ0) is 14.8. The number of carbonyl (C=O) groups is 2. The van der Waals surface area contributed by atoms with Crippen LogP contribution in [0.4, 0.5) is 5.69 Å². The molecule has 1 aliphatic rings. The standard InChI is InChI=1S/C15H17NO4/c1-2-3-8-15(20)11(9-13(17)18)10-6-4-5-7-12(10)16-14(15)19/h4-7,9,20H,2-3,8H2,1H3,(H,16,19)(H,17,18)/b11-9+. The van der Waals surface area contributed by atoms with Crippen molar-refractivity contribution in [2.75, 3.05) is 5.32 Å². The van der Waals surface area contributed by atoms with E-state index in [1.807, 2.05) is 6.92 Å². The molecule has 0 bridgehead atoms. The fourth-order valence-electron chi connectivity index (χ4n) is 2.40. The van der Waals surface area contributed by atoms with E-state index < -0.39 is 17.5 Å². The first-order chi connectivity index (χ1) is 9.49. The van der Waals surface area contributed by atoms with E-state index in [9.17, 15) is 14.7 Å². The topological polar surface area (TPSA) is 86.6 Å². The first kappa shape index (κ1) is 14.3. The molecule has 0 aromatic heterocycles. The van der Waals surface area contributed by atoms with Crippen molar-refractivity contribution in [1.82, 2.24) is 0 Å². The summed E-state index contributed by atoms with van der Waals surface area (Å²) < 4.78 is 0. The number of carboxylic acid groups (broad SMARTS) is 1. The highest BCUT2D eigenvalue weighted by molar-refractivity contribution is 6.14. The Kier molecular flexibility index (Phi) is 3.90. The van der Waals surface area contributed by atoms with E-state index in [-0.39, 0.29) is 12.0 Å². The van der Waals surface area contributed by atoms with Gasteiger partial charge in [-0.05, 0) is 18.9 Å². The number of nitrogens with one attached hydrogen (secondary N) is 1.